The van der Waals surface area contributed by atoms with Crippen molar-refractivity contribution in [2.45, 2.75) is 43.9 Å². The molecule has 0 aliphatic carbocycles. The van der Waals surface area contributed by atoms with Crippen molar-refractivity contribution in [2.75, 3.05) is 0 Å². The van der Waals surface area contributed by atoms with Crippen molar-refractivity contribution >= 4 is 11.6 Å². The smallest absolute Gasteiger partial charge is 0.115 e. The normalized spacial score (nSPS) is 29.6. The Labute approximate surface area is 151 Å². The molecule has 5 unspecified atom stereocenters. The van der Waals surface area contributed by atoms with Gasteiger partial charge in [-0.15, -0.1) is 0 Å². The van der Waals surface area contributed by atoms with Crippen LogP contribution in [-0.4, -0.2) is 44.8 Å². The van der Waals surface area contributed by atoms with E-state index in [-0.39, 0.29) is 5.75 Å². The zero-order valence-corrected chi connectivity index (χ0v) is 14.5. The van der Waals surface area contributed by atoms with Crippen LogP contribution in [0.1, 0.15) is 29.7 Å². The molecule has 0 amide bonds. The average Bonchev–Trinajstić information content (AvgIpc) is 2.60. The first-order valence-corrected chi connectivity index (χ1v) is 8.50. The van der Waals surface area contributed by atoms with E-state index >= 15 is 0 Å². The first-order valence-electron chi connectivity index (χ1n) is 8.12. The Bertz CT molecular complexity index is 733. The van der Waals surface area contributed by atoms with Crippen LogP contribution < -0.4 is 0 Å². The molecule has 5 nitrogen and oxygen atoms in total. The number of aliphatic hydroxyl groups is 3. The SMILES string of the molecule is CC1OC(c2ccc(Cl)c(Cc3ccc(O)cc3)c2)C(O)C(O)C1O. The van der Waals surface area contributed by atoms with Gasteiger partial charge in [-0.1, -0.05) is 35.9 Å². The molecular formula is C19H21ClO5. The van der Waals surface area contributed by atoms with Gasteiger partial charge in [-0.2, -0.15) is 0 Å². The molecule has 1 fully saturated rings. The quantitative estimate of drug-likeness (QED) is 0.670. The van der Waals surface area contributed by atoms with Gasteiger partial charge in [-0.05, 0) is 48.2 Å². The molecule has 5 atom stereocenters. The summed E-state index contributed by atoms with van der Waals surface area (Å²) in [5, 5.41) is 40.0. The molecule has 134 valence electrons. The van der Waals surface area contributed by atoms with Gasteiger partial charge in [0.1, 0.15) is 30.2 Å². The highest BCUT2D eigenvalue weighted by molar-refractivity contribution is 6.31. The fourth-order valence-electron chi connectivity index (χ4n) is 3.07. The number of aliphatic hydroxyl groups excluding tert-OH is 3. The monoisotopic (exact) mass is 364 g/mol. The van der Waals surface area contributed by atoms with Crippen LogP contribution in [-0.2, 0) is 11.2 Å². The number of benzene rings is 2. The predicted molar refractivity (Wildman–Crippen MR) is 93.7 cm³/mol. The first-order chi connectivity index (χ1) is 11.9. The van der Waals surface area contributed by atoms with Gasteiger partial charge in [-0.25, -0.2) is 0 Å². The summed E-state index contributed by atoms with van der Waals surface area (Å²) in [4.78, 5) is 0. The molecule has 1 saturated heterocycles. The number of aromatic hydroxyl groups is 1. The lowest BCUT2D eigenvalue weighted by atomic mass is 9.90. The van der Waals surface area contributed by atoms with Crippen molar-refractivity contribution in [2.24, 2.45) is 0 Å². The second-order valence-corrected chi connectivity index (χ2v) is 6.83. The van der Waals surface area contributed by atoms with E-state index in [9.17, 15) is 20.4 Å². The van der Waals surface area contributed by atoms with Gasteiger partial charge in [0.25, 0.3) is 0 Å². The van der Waals surface area contributed by atoms with Crippen molar-refractivity contribution in [3.05, 3.63) is 64.2 Å². The van der Waals surface area contributed by atoms with Crippen LogP contribution in [0, 0.1) is 0 Å². The summed E-state index contributed by atoms with van der Waals surface area (Å²) in [5.74, 6) is 0.198. The minimum absolute atomic E-state index is 0.198. The van der Waals surface area contributed by atoms with E-state index in [1.165, 1.54) is 0 Å². The number of phenols is 1. The Balaban J connectivity index is 1.87. The van der Waals surface area contributed by atoms with Crippen LogP contribution in [0.25, 0.3) is 0 Å². The van der Waals surface area contributed by atoms with Crippen LogP contribution >= 0.6 is 11.6 Å². The Hall–Kier alpha value is -1.63. The highest BCUT2D eigenvalue weighted by atomic mass is 35.5. The lowest BCUT2D eigenvalue weighted by Gasteiger charge is -2.39. The Morgan fingerprint density at radius 2 is 1.64 bits per heavy atom. The lowest BCUT2D eigenvalue weighted by molar-refractivity contribution is -0.219. The second kappa shape index (κ2) is 7.32. The molecule has 0 radical (unpaired) electrons. The molecule has 0 bridgehead atoms. The van der Waals surface area contributed by atoms with Gasteiger partial charge in [0.05, 0.1) is 6.10 Å². The molecule has 4 N–H and O–H groups in total. The van der Waals surface area contributed by atoms with E-state index in [4.69, 9.17) is 16.3 Å². The zero-order chi connectivity index (χ0) is 18.1. The molecule has 0 spiro atoms. The van der Waals surface area contributed by atoms with Crippen LogP contribution in [0.4, 0.5) is 0 Å². The van der Waals surface area contributed by atoms with Crippen LogP contribution in [0.5, 0.6) is 5.75 Å². The molecule has 25 heavy (non-hydrogen) atoms. The Morgan fingerprint density at radius 1 is 0.960 bits per heavy atom. The summed E-state index contributed by atoms with van der Waals surface area (Å²) >= 11 is 6.29. The van der Waals surface area contributed by atoms with Gasteiger partial charge in [0.2, 0.25) is 0 Å². The maximum atomic E-state index is 10.3. The van der Waals surface area contributed by atoms with Crippen LogP contribution in [0.2, 0.25) is 5.02 Å². The number of halogens is 1. The number of rotatable bonds is 3. The summed E-state index contributed by atoms with van der Waals surface area (Å²) in [7, 11) is 0. The van der Waals surface area contributed by atoms with Crippen molar-refractivity contribution in [1.29, 1.82) is 0 Å². The van der Waals surface area contributed by atoms with Crippen molar-refractivity contribution in [3.63, 3.8) is 0 Å². The molecule has 1 aliphatic rings. The van der Waals surface area contributed by atoms with Gasteiger partial charge < -0.3 is 25.2 Å². The molecule has 1 heterocycles. The Kier molecular flexibility index (Phi) is 5.32. The third kappa shape index (κ3) is 3.81. The largest absolute Gasteiger partial charge is 0.508 e. The zero-order valence-electron chi connectivity index (χ0n) is 13.7. The van der Waals surface area contributed by atoms with E-state index in [1.807, 2.05) is 18.2 Å². The number of ether oxygens (including phenoxy) is 1. The molecule has 1 aliphatic heterocycles. The number of hydrogen-bond donors (Lipinski definition) is 4. The first kappa shape index (κ1) is 18.2. The standard InChI is InChI=1S/C19H21ClO5/c1-10-16(22)17(23)18(24)19(25-10)12-4-7-15(20)13(9-12)8-11-2-5-14(21)6-3-11/h2-7,9-10,16-19,21-24H,8H2,1H3. The Morgan fingerprint density at radius 3 is 2.32 bits per heavy atom. The minimum atomic E-state index is -1.27. The number of phenolic OH excluding ortho intramolecular Hbond substituents is 1. The summed E-state index contributed by atoms with van der Waals surface area (Å²) in [6.45, 7) is 1.65. The van der Waals surface area contributed by atoms with Gasteiger partial charge in [0, 0.05) is 5.02 Å². The fraction of sp³-hybridized carbons (Fsp3) is 0.368. The highest BCUT2D eigenvalue weighted by Crippen LogP contribution is 2.34. The van der Waals surface area contributed by atoms with Crippen LogP contribution in [0.3, 0.4) is 0 Å². The average molecular weight is 365 g/mol. The summed E-state index contributed by atoms with van der Waals surface area (Å²) in [6, 6.07) is 12.2. The lowest BCUT2D eigenvalue weighted by Crippen LogP contribution is -2.53. The fourth-order valence-corrected chi connectivity index (χ4v) is 3.25. The molecule has 2 aromatic rings. The topological polar surface area (TPSA) is 90.2 Å². The molecule has 2 aromatic carbocycles. The second-order valence-electron chi connectivity index (χ2n) is 6.43. The summed E-state index contributed by atoms with van der Waals surface area (Å²) in [6.07, 6.45) is -4.42. The maximum Gasteiger partial charge on any atom is 0.115 e. The van der Waals surface area contributed by atoms with E-state index in [0.717, 1.165) is 11.1 Å². The highest BCUT2D eigenvalue weighted by Gasteiger charge is 2.42. The van der Waals surface area contributed by atoms with Gasteiger partial charge >= 0.3 is 0 Å². The third-order valence-electron chi connectivity index (χ3n) is 4.58. The van der Waals surface area contributed by atoms with Crippen LogP contribution in [0.15, 0.2) is 42.5 Å². The maximum absolute atomic E-state index is 10.3. The summed E-state index contributed by atoms with van der Waals surface area (Å²) in [5.41, 5.74) is 2.50. The van der Waals surface area contributed by atoms with E-state index in [0.29, 0.717) is 17.0 Å². The van der Waals surface area contributed by atoms with Crippen molar-refractivity contribution in [1.82, 2.24) is 0 Å². The summed E-state index contributed by atoms with van der Waals surface area (Å²) < 4.78 is 5.69. The van der Waals surface area contributed by atoms with Crippen molar-refractivity contribution < 1.29 is 25.2 Å². The van der Waals surface area contributed by atoms with E-state index < -0.39 is 30.5 Å². The van der Waals surface area contributed by atoms with E-state index in [1.54, 1.807) is 31.2 Å². The molecule has 3 rings (SSSR count). The minimum Gasteiger partial charge on any atom is -0.508 e. The number of hydrogen-bond acceptors (Lipinski definition) is 5. The van der Waals surface area contributed by atoms with Crippen molar-refractivity contribution in [3.8, 4) is 5.75 Å². The van der Waals surface area contributed by atoms with Gasteiger partial charge in [-0.3, -0.25) is 0 Å². The predicted octanol–water partition coefficient (Wildman–Crippen LogP) is 2.18. The van der Waals surface area contributed by atoms with Gasteiger partial charge in [0.15, 0.2) is 0 Å². The molecular weight excluding hydrogens is 344 g/mol. The third-order valence-corrected chi connectivity index (χ3v) is 4.95. The van der Waals surface area contributed by atoms with E-state index in [2.05, 4.69) is 0 Å². The molecule has 6 heteroatoms. The molecule has 0 aromatic heterocycles. The molecule has 0 saturated carbocycles.